The third-order valence-corrected chi connectivity index (χ3v) is 10.1. The van der Waals surface area contributed by atoms with Crippen LogP contribution in [0.5, 0.6) is 0 Å². The summed E-state index contributed by atoms with van der Waals surface area (Å²) in [7, 11) is -3.86. The minimum atomic E-state index is -3.86. The zero-order chi connectivity index (χ0) is 31.6. The van der Waals surface area contributed by atoms with Crippen LogP contribution in [0.4, 0.5) is 4.79 Å². The number of aromatic nitrogens is 1. The number of alkyl carbamates (subject to hydrolysis) is 1. The summed E-state index contributed by atoms with van der Waals surface area (Å²) in [5.74, 6) is -0.0849. The predicted octanol–water partition coefficient (Wildman–Crippen LogP) is 7.05. The highest BCUT2D eigenvalue weighted by Crippen LogP contribution is 2.44. The van der Waals surface area contributed by atoms with Crippen LogP contribution in [0.15, 0.2) is 118 Å². The molecule has 0 aliphatic heterocycles. The van der Waals surface area contributed by atoms with E-state index in [9.17, 15) is 18.0 Å². The summed E-state index contributed by atoms with van der Waals surface area (Å²) in [5.41, 5.74) is 6.92. The summed E-state index contributed by atoms with van der Waals surface area (Å²) in [6.45, 7) is 0.223. The van der Waals surface area contributed by atoms with Crippen LogP contribution in [0.3, 0.4) is 0 Å². The fourth-order valence-corrected chi connectivity index (χ4v) is 7.22. The Bertz CT molecular complexity index is 1990. The maximum atomic E-state index is 13.0. The van der Waals surface area contributed by atoms with Gasteiger partial charge in [-0.15, -0.1) is 0 Å². The van der Waals surface area contributed by atoms with Gasteiger partial charge < -0.3 is 10.1 Å². The zero-order valence-electron chi connectivity index (χ0n) is 23.6. The Labute approximate surface area is 269 Å². The molecule has 1 aliphatic rings. The molecule has 1 aliphatic carbocycles. The Hall–Kier alpha value is -4.48. The third kappa shape index (κ3) is 6.50. The molecule has 1 heterocycles. The number of amides is 1. The number of nitrogens with two attached hydrogens (primary N) is 1. The van der Waals surface area contributed by atoms with Gasteiger partial charge in [0.1, 0.15) is 11.6 Å². The highest BCUT2D eigenvalue weighted by Gasteiger charge is 2.29. The van der Waals surface area contributed by atoms with Crippen LogP contribution >= 0.6 is 23.4 Å². The molecule has 1 amide bonds. The molecule has 8 nitrogen and oxygen atoms in total. The van der Waals surface area contributed by atoms with Crippen molar-refractivity contribution < 1.29 is 22.7 Å². The lowest BCUT2D eigenvalue weighted by Gasteiger charge is -2.17. The number of nitrogens with zero attached hydrogens (tertiary/aromatic N) is 1. The number of ether oxygens (including phenoxy) is 1. The van der Waals surface area contributed by atoms with Gasteiger partial charge in [0.25, 0.3) is 0 Å². The molecule has 0 bridgehead atoms. The maximum absolute atomic E-state index is 13.0. The topological polar surface area (TPSA) is 128 Å². The first-order chi connectivity index (χ1) is 21.7. The van der Waals surface area contributed by atoms with E-state index in [4.69, 9.17) is 21.5 Å². The SMILES string of the molecule is NS(=O)(=O)c1ccc(-c2cc(Cl)c(Sc3ncccc3C=O)c(CNC(=O)OCC3c4ccccc4-c4ccccc43)c2)cc1. The van der Waals surface area contributed by atoms with Crippen LogP contribution < -0.4 is 10.5 Å². The largest absolute Gasteiger partial charge is 0.449 e. The Morgan fingerprint density at radius 1 is 0.933 bits per heavy atom. The van der Waals surface area contributed by atoms with Crippen molar-refractivity contribution in [3.8, 4) is 22.3 Å². The van der Waals surface area contributed by atoms with Crippen molar-refractivity contribution in [3.63, 3.8) is 0 Å². The third-order valence-electron chi connectivity index (χ3n) is 7.53. The lowest BCUT2D eigenvalue weighted by Crippen LogP contribution is -2.26. The maximum Gasteiger partial charge on any atom is 0.407 e. The zero-order valence-corrected chi connectivity index (χ0v) is 26.0. The number of pyridine rings is 1. The Balaban J connectivity index is 1.25. The van der Waals surface area contributed by atoms with Crippen molar-refractivity contribution in [1.82, 2.24) is 10.3 Å². The predicted molar refractivity (Wildman–Crippen MR) is 174 cm³/mol. The lowest BCUT2D eigenvalue weighted by molar-refractivity contribution is 0.112. The minimum Gasteiger partial charge on any atom is -0.449 e. The molecule has 0 fully saturated rings. The van der Waals surface area contributed by atoms with Crippen molar-refractivity contribution >= 4 is 45.8 Å². The number of carbonyl (C=O) groups excluding carboxylic acids is 2. The molecule has 0 saturated carbocycles. The van der Waals surface area contributed by atoms with Crippen LogP contribution in [0.25, 0.3) is 22.3 Å². The van der Waals surface area contributed by atoms with E-state index >= 15 is 0 Å². The smallest absolute Gasteiger partial charge is 0.407 e. The van der Waals surface area contributed by atoms with Crippen LogP contribution in [0.2, 0.25) is 5.02 Å². The number of hydrogen-bond donors (Lipinski definition) is 2. The average molecular weight is 656 g/mol. The van der Waals surface area contributed by atoms with E-state index in [1.807, 2.05) is 30.3 Å². The summed E-state index contributed by atoms with van der Waals surface area (Å²) in [5, 5.41) is 8.92. The molecule has 1 aromatic heterocycles. The van der Waals surface area contributed by atoms with Gasteiger partial charge in [-0.3, -0.25) is 4.79 Å². The number of rotatable bonds is 9. The lowest BCUT2D eigenvalue weighted by atomic mass is 9.98. The van der Waals surface area contributed by atoms with Crippen LogP contribution in [-0.2, 0) is 21.3 Å². The van der Waals surface area contributed by atoms with Gasteiger partial charge in [0, 0.05) is 29.1 Å². The molecule has 0 spiro atoms. The number of aldehydes is 1. The molecular formula is C34H26ClN3O5S2. The number of nitrogens with one attached hydrogen (secondary N) is 1. The van der Waals surface area contributed by atoms with Gasteiger partial charge in [0.2, 0.25) is 10.0 Å². The fraction of sp³-hybridized carbons (Fsp3) is 0.0882. The Morgan fingerprint density at radius 2 is 1.60 bits per heavy atom. The number of sulfonamides is 1. The molecule has 45 heavy (non-hydrogen) atoms. The van der Waals surface area contributed by atoms with Gasteiger partial charge in [-0.25, -0.2) is 23.3 Å². The molecule has 0 atom stereocenters. The normalized spacial score (nSPS) is 12.3. The van der Waals surface area contributed by atoms with Crippen molar-refractivity contribution in [2.75, 3.05) is 6.61 Å². The standard InChI is InChI=1S/C34H26ClN3O5S2/c35-31-17-23(21-11-13-25(14-12-21)45(36,41)42)16-24(32(31)44-33-22(19-39)6-5-15-37-33)18-38-34(40)43-20-30-28-9-3-1-7-26(28)27-8-2-4-10-29(27)30/h1-17,19,30H,18,20H2,(H,38,40)(H2,36,41,42). The highest BCUT2D eigenvalue weighted by atomic mass is 35.5. The molecule has 0 saturated heterocycles. The second-order valence-electron chi connectivity index (χ2n) is 10.3. The number of fused-ring (bicyclic) bond motifs is 3. The Kier molecular flexibility index (Phi) is 8.73. The van der Waals surface area contributed by atoms with Crippen molar-refractivity contribution in [2.24, 2.45) is 5.14 Å². The number of primary sulfonamides is 1. The quantitative estimate of drug-likeness (QED) is 0.163. The van der Waals surface area contributed by atoms with Crippen molar-refractivity contribution in [3.05, 3.63) is 131 Å². The van der Waals surface area contributed by atoms with Crippen LogP contribution in [0.1, 0.15) is 33.0 Å². The average Bonchev–Trinajstić information content (AvgIpc) is 3.37. The van der Waals surface area contributed by atoms with Gasteiger partial charge >= 0.3 is 6.09 Å². The summed E-state index contributed by atoms with van der Waals surface area (Å²) < 4.78 is 29.2. The van der Waals surface area contributed by atoms with E-state index in [0.29, 0.717) is 37.2 Å². The highest BCUT2D eigenvalue weighted by molar-refractivity contribution is 7.99. The summed E-state index contributed by atoms with van der Waals surface area (Å²) >= 11 is 8.00. The van der Waals surface area contributed by atoms with Crippen molar-refractivity contribution in [2.45, 2.75) is 27.3 Å². The summed E-state index contributed by atoms with van der Waals surface area (Å²) in [4.78, 5) is 29.6. The fourth-order valence-electron chi connectivity index (χ4n) is 5.39. The minimum absolute atomic E-state index is 0.0155. The number of halogens is 1. The van der Waals surface area contributed by atoms with Gasteiger partial charge in [0.05, 0.1) is 9.92 Å². The Morgan fingerprint density at radius 3 is 2.24 bits per heavy atom. The van der Waals surface area contributed by atoms with E-state index in [1.165, 1.54) is 23.9 Å². The number of benzene rings is 4. The molecule has 11 heteroatoms. The van der Waals surface area contributed by atoms with E-state index in [1.54, 1.807) is 36.5 Å². The first-order valence-corrected chi connectivity index (χ1v) is 16.6. The first kappa shape index (κ1) is 30.5. The molecule has 0 radical (unpaired) electrons. The second-order valence-corrected chi connectivity index (χ2v) is 13.3. The molecule has 6 rings (SSSR count). The number of carbonyl (C=O) groups is 2. The first-order valence-electron chi connectivity index (χ1n) is 13.9. The molecule has 226 valence electrons. The molecular weight excluding hydrogens is 630 g/mol. The van der Waals surface area contributed by atoms with Gasteiger partial charge in [-0.05, 0) is 75.3 Å². The monoisotopic (exact) mass is 655 g/mol. The second kappa shape index (κ2) is 12.9. The van der Waals surface area contributed by atoms with E-state index in [2.05, 4.69) is 34.6 Å². The molecule has 4 aromatic carbocycles. The van der Waals surface area contributed by atoms with Crippen LogP contribution in [-0.4, -0.2) is 32.4 Å². The van der Waals surface area contributed by atoms with E-state index < -0.39 is 16.1 Å². The van der Waals surface area contributed by atoms with Gasteiger partial charge in [-0.1, -0.05) is 84.0 Å². The van der Waals surface area contributed by atoms with E-state index in [0.717, 1.165) is 28.5 Å². The van der Waals surface area contributed by atoms with Crippen LogP contribution in [0, 0.1) is 0 Å². The summed E-state index contributed by atoms with van der Waals surface area (Å²) in [6, 6.07) is 29.2. The molecule has 5 aromatic rings. The molecule has 3 N–H and O–H groups in total. The van der Waals surface area contributed by atoms with Gasteiger partial charge in [0.15, 0.2) is 6.29 Å². The van der Waals surface area contributed by atoms with E-state index in [-0.39, 0.29) is 24.0 Å². The van der Waals surface area contributed by atoms with Gasteiger partial charge in [-0.2, -0.15) is 0 Å². The van der Waals surface area contributed by atoms with Crippen molar-refractivity contribution in [1.29, 1.82) is 0 Å². The molecule has 0 unspecified atom stereocenters. The number of hydrogen-bond acceptors (Lipinski definition) is 7. The summed E-state index contributed by atoms with van der Waals surface area (Å²) in [6.07, 6.45) is 1.71.